The van der Waals surface area contributed by atoms with Crippen LogP contribution in [0, 0.1) is 0 Å². The lowest BCUT2D eigenvalue weighted by Gasteiger charge is -2.41. The van der Waals surface area contributed by atoms with E-state index in [9.17, 15) is 44.6 Å². The summed E-state index contributed by atoms with van der Waals surface area (Å²) in [6, 6.07) is 0. The minimum atomic E-state index is -5.11. The van der Waals surface area contributed by atoms with Crippen LogP contribution in [-0.4, -0.2) is 98.3 Å². The molecule has 0 aliphatic heterocycles. The molecule has 1 saturated carbocycles. The van der Waals surface area contributed by atoms with E-state index in [2.05, 4.69) is 26.0 Å². The lowest BCUT2D eigenvalue weighted by molar-refractivity contribution is -0.220. The zero-order valence-corrected chi connectivity index (χ0v) is 39.1. The maximum atomic E-state index is 12.8. The molecule has 0 aromatic carbocycles. The van der Waals surface area contributed by atoms with Gasteiger partial charge in [0, 0.05) is 12.8 Å². The average Bonchev–Trinajstić information content (AvgIpc) is 3.24. The number of unbranched alkanes of at least 4 members (excludes halogenated alkanes) is 27. The Kier molecular flexibility index (Phi) is 35.8. The van der Waals surface area contributed by atoms with Crippen molar-refractivity contribution in [3.05, 3.63) is 12.2 Å². The number of allylic oxidation sites excluding steroid dienone is 2. The molecule has 0 spiro atoms. The summed E-state index contributed by atoms with van der Waals surface area (Å²) in [4.78, 5) is 35.7. The molecule has 0 amide bonds. The third-order valence-corrected chi connectivity index (χ3v) is 12.6. The van der Waals surface area contributed by atoms with E-state index < -0.39 is 75.7 Å². The number of carbonyl (C=O) groups is 2. The fraction of sp³-hybridized carbons (Fsp3) is 0.915. The summed E-state index contributed by atoms with van der Waals surface area (Å²) >= 11 is 0. The Balaban J connectivity index is 2.35. The Morgan fingerprint density at radius 2 is 0.852 bits per heavy atom. The first-order valence-corrected chi connectivity index (χ1v) is 26.0. The van der Waals surface area contributed by atoms with E-state index >= 15 is 0 Å². The fourth-order valence-electron chi connectivity index (χ4n) is 7.62. The number of aliphatic hydroxyl groups excluding tert-OH is 5. The van der Waals surface area contributed by atoms with Crippen LogP contribution in [0.3, 0.4) is 0 Å². The lowest BCUT2D eigenvalue weighted by Crippen LogP contribution is -2.64. The molecule has 0 bridgehead atoms. The van der Waals surface area contributed by atoms with E-state index in [-0.39, 0.29) is 12.8 Å². The molecule has 61 heavy (non-hydrogen) atoms. The smallest absolute Gasteiger partial charge is 0.462 e. The molecule has 0 saturated heterocycles. The van der Waals surface area contributed by atoms with Crippen LogP contribution in [0.4, 0.5) is 0 Å². The van der Waals surface area contributed by atoms with E-state index in [1.807, 2.05) is 0 Å². The van der Waals surface area contributed by atoms with Gasteiger partial charge in [0.15, 0.2) is 6.10 Å². The molecule has 14 heteroatoms. The predicted molar refractivity (Wildman–Crippen MR) is 240 cm³/mol. The van der Waals surface area contributed by atoms with Crippen LogP contribution in [-0.2, 0) is 32.7 Å². The molecule has 0 aromatic rings. The van der Waals surface area contributed by atoms with Crippen molar-refractivity contribution in [1.29, 1.82) is 0 Å². The first-order valence-electron chi connectivity index (χ1n) is 24.5. The third-order valence-electron chi connectivity index (χ3n) is 11.6. The van der Waals surface area contributed by atoms with Crippen molar-refractivity contribution in [3.8, 4) is 0 Å². The number of ether oxygens (including phenoxy) is 2. The number of hydrogen-bond acceptors (Lipinski definition) is 12. The van der Waals surface area contributed by atoms with Gasteiger partial charge in [0.1, 0.15) is 43.2 Å². The predicted octanol–water partition coefficient (Wildman–Crippen LogP) is 9.84. The molecule has 0 aromatic heterocycles. The number of phosphoric acid groups is 1. The van der Waals surface area contributed by atoms with Crippen LogP contribution in [0.2, 0.25) is 0 Å². The van der Waals surface area contributed by atoms with Crippen molar-refractivity contribution in [2.24, 2.45) is 0 Å². The van der Waals surface area contributed by atoms with Gasteiger partial charge >= 0.3 is 19.8 Å². The Morgan fingerprint density at radius 3 is 1.30 bits per heavy atom. The molecule has 0 heterocycles. The molecule has 360 valence electrons. The SMILES string of the molecule is CCCC/C=C/CCCCCCCC(=O)O[C@H](COC(=O)CCCCCCCCCCCCCCCCCCCCCCC)COP(=O)(O)OC1C(O)C(O)C(O)[C@@H](O)C1O. The van der Waals surface area contributed by atoms with Crippen LogP contribution in [0.5, 0.6) is 0 Å². The molecule has 1 fully saturated rings. The van der Waals surface area contributed by atoms with Gasteiger partial charge in [-0.05, 0) is 32.1 Å². The summed E-state index contributed by atoms with van der Waals surface area (Å²) < 4.78 is 33.5. The molecule has 0 radical (unpaired) electrons. The van der Waals surface area contributed by atoms with E-state index in [1.165, 1.54) is 122 Å². The van der Waals surface area contributed by atoms with Crippen molar-refractivity contribution in [2.75, 3.05) is 13.2 Å². The number of esters is 2. The number of rotatable bonds is 41. The van der Waals surface area contributed by atoms with Crippen molar-refractivity contribution < 1.29 is 63.1 Å². The van der Waals surface area contributed by atoms with Crippen molar-refractivity contribution >= 4 is 19.8 Å². The van der Waals surface area contributed by atoms with E-state index in [1.54, 1.807) is 0 Å². The van der Waals surface area contributed by atoms with Crippen LogP contribution in [0.25, 0.3) is 0 Å². The normalized spacial score (nSPS) is 22.0. The third kappa shape index (κ3) is 30.4. The maximum absolute atomic E-state index is 12.8. The molecule has 1 aliphatic carbocycles. The zero-order chi connectivity index (χ0) is 45.0. The van der Waals surface area contributed by atoms with Gasteiger partial charge in [0.05, 0.1) is 6.61 Å². The minimum absolute atomic E-state index is 0.0899. The molecule has 8 atom stereocenters. The molecular weight excluding hydrogens is 803 g/mol. The van der Waals surface area contributed by atoms with Crippen molar-refractivity contribution in [1.82, 2.24) is 0 Å². The topological polar surface area (TPSA) is 210 Å². The fourth-order valence-corrected chi connectivity index (χ4v) is 8.60. The number of hydrogen-bond donors (Lipinski definition) is 6. The summed E-state index contributed by atoms with van der Waals surface area (Å²) in [5.41, 5.74) is 0. The van der Waals surface area contributed by atoms with Crippen LogP contribution < -0.4 is 0 Å². The summed E-state index contributed by atoms with van der Waals surface area (Å²) in [6.07, 6.45) is 27.1. The quantitative estimate of drug-likeness (QED) is 0.0146. The molecular formula is C47H89O13P. The molecule has 6 unspecified atom stereocenters. The lowest BCUT2D eigenvalue weighted by atomic mass is 9.85. The Hall–Kier alpha value is -1.41. The van der Waals surface area contributed by atoms with E-state index in [0.717, 1.165) is 57.8 Å². The monoisotopic (exact) mass is 893 g/mol. The Labute approximate surface area is 369 Å². The van der Waals surface area contributed by atoms with Crippen LogP contribution in [0.15, 0.2) is 12.2 Å². The number of carbonyl (C=O) groups excluding carboxylic acids is 2. The highest BCUT2D eigenvalue weighted by atomic mass is 31.2. The van der Waals surface area contributed by atoms with Gasteiger partial charge < -0.3 is 39.9 Å². The molecule has 1 aliphatic rings. The van der Waals surface area contributed by atoms with Gasteiger partial charge in [-0.3, -0.25) is 18.6 Å². The Bertz CT molecular complexity index is 1120. The average molecular weight is 893 g/mol. The second kappa shape index (κ2) is 37.9. The number of aliphatic hydroxyl groups is 5. The van der Waals surface area contributed by atoms with Gasteiger partial charge in [-0.25, -0.2) is 4.57 Å². The largest absolute Gasteiger partial charge is 0.472 e. The van der Waals surface area contributed by atoms with Gasteiger partial charge in [-0.1, -0.05) is 187 Å². The maximum Gasteiger partial charge on any atom is 0.472 e. The summed E-state index contributed by atoms with van der Waals surface area (Å²) in [6.45, 7) is 3.27. The van der Waals surface area contributed by atoms with Crippen molar-refractivity contribution in [3.63, 3.8) is 0 Å². The standard InChI is InChI=1S/C47H89O13P/c1-3-5-7-9-11-13-15-16-17-18-19-20-21-22-23-24-26-27-29-31-33-35-40(48)57-37-39(59-41(49)36-34-32-30-28-25-14-12-10-8-6-4-2)38-58-61(55,56)60-47-45(53)43(51)42(50)44(52)46(47)54/h10,12,39,42-47,50-54H,3-9,11,13-38H2,1-2H3,(H,55,56)/b12-10+/t39-,42?,43-,44?,45?,46?,47?/m1/s1. The highest BCUT2D eigenvalue weighted by Gasteiger charge is 2.51. The van der Waals surface area contributed by atoms with Gasteiger partial charge in [-0.2, -0.15) is 0 Å². The van der Waals surface area contributed by atoms with Crippen molar-refractivity contribution in [2.45, 2.75) is 262 Å². The van der Waals surface area contributed by atoms with E-state index in [0.29, 0.717) is 12.8 Å². The number of phosphoric ester groups is 1. The zero-order valence-electron chi connectivity index (χ0n) is 38.2. The first kappa shape index (κ1) is 57.6. The highest BCUT2D eigenvalue weighted by Crippen LogP contribution is 2.47. The highest BCUT2D eigenvalue weighted by molar-refractivity contribution is 7.47. The van der Waals surface area contributed by atoms with E-state index in [4.69, 9.17) is 18.5 Å². The second-order valence-corrected chi connectivity index (χ2v) is 18.7. The van der Waals surface area contributed by atoms with Gasteiger partial charge in [-0.15, -0.1) is 0 Å². The second-order valence-electron chi connectivity index (χ2n) is 17.3. The summed E-state index contributed by atoms with van der Waals surface area (Å²) in [5.74, 6) is -1.10. The first-order chi connectivity index (χ1) is 29.4. The minimum Gasteiger partial charge on any atom is -0.462 e. The van der Waals surface area contributed by atoms with Crippen LogP contribution >= 0.6 is 7.82 Å². The molecule has 1 rings (SSSR count). The summed E-state index contributed by atoms with van der Waals surface area (Å²) in [7, 11) is -5.11. The van der Waals surface area contributed by atoms with Gasteiger partial charge in [0.25, 0.3) is 0 Å². The Morgan fingerprint density at radius 1 is 0.492 bits per heavy atom. The van der Waals surface area contributed by atoms with Gasteiger partial charge in [0.2, 0.25) is 0 Å². The molecule has 13 nitrogen and oxygen atoms in total. The summed E-state index contributed by atoms with van der Waals surface area (Å²) in [5, 5.41) is 50.1. The van der Waals surface area contributed by atoms with Crippen LogP contribution in [0.1, 0.15) is 219 Å². The molecule has 6 N–H and O–H groups in total.